The van der Waals surface area contributed by atoms with Crippen LogP contribution in [0.2, 0.25) is 5.02 Å². The summed E-state index contributed by atoms with van der Waals surface area (Å²) in [5.74, 6) is -0.440. The molecule has 0 bridgehead atoms. The van der Waals surface area contributed by atoms with E-state index >= 15 is 0 Å². The van der Waals surface area contributed by atoms with Crippen LogP contribution in [0.15, 0.2) is 40.9 Å². The van der Waals surface area contributed by atoms with Gasteiger partial charge >= 0.3 is 6.18 Å². The van der Waals surface area contributed by atoms with Gasteiger partial charge in [-0.05, 0) is 51.8 Å². The molecule has 21 heavy (non-hydrogen) atoms. The van der Waals surface area contributed by atoms with Gasteiger partial charge in [-0.15, -0.1) is 0 Å². The molecule has 0 amide bonds. The molecule has 0 unspecified atom stereocenters. The van der Waals surface area contributed by atoms with Gasteiger partial charge in [0.1, 0.15) is 5.82 Å². The average Bonchev–Trinajstić information content (AvgIpc) is 2.40. The van der Waals surface area contributed by atoms with E-state index in [9.17, 15) is 17.6 Å². The maximum atomic E-state index is 13.4. The first-order valence-corrected chi connectivity index (χ1v) is 6.99. The molecule has 2 aromatic rings. The van der Waals surface area contributed by atoms with E-state index in [0.717, 1.165) is 12.1 Å². The summed E-state index contributed by atoms with van der Waals surface area (Å²) in [6, 6.07) is 7.49. The normalized spacial score (nSPS) is 11.5. The number of alkyl halides is 3. The van der Waals surface area contributed by atoms with Gasteiger partial charge in [0.05, 0.1) is 20.7 Å². The van der Waals surface area contributed by atoms with Crippen molar-refractivity contribution in [1.82, 2.24) is 0 Å². The monoisotopic (exact) mass is 381 g/mol. The number of hydrogen-bond acceptors (Lipinski definition) is 1. The predicted octanol–water partition coefficient (Wildman–Crippen LogP) is 5.87. The predicted molar refractivity (Wildman–Crippen MR) is 77.9 cm³/mol. The molecule has 0 aliphatic rings. The van der Waals surface area contributed by atoms with E-state index in [0.29, 0.717) is 10.0 Å². The molecule has 112 valence electrons. The van der Waals surface area contributed by atoms with Crippen molar-refractivity contribution in [2.75, 3.05) is 5.32 Å². The Morgan fingerprint density at radius 1 is 1.10 bits per heavy atom. The summed E-state index contributed by atoms with van der Waals surface area (Å²) in [4.78, 5) is 0. The molecule has 0 aliphatic carbocycles. The van der Waals surface area contributed by atoms with Gasteiger partial charge in [-0.25, -0.2) is 4.39 Å². The molecule has 0 radical (unpaired) electrons. The quantitative estimate of drug-likeness (QED) is 0.654. The highest BCUT2D eigenvalue weighted by Crippen LogP contribution is 2.34. The Morgan fingerprint density at radius 2 is 1.81 bits per heavy atom. The fourth-order valence-corrected chi connectivity index (χ4v) is 2.11. The Balaban J connectivity index is 2.17. The van der Waals surface area contributed by atoms with Gasteiger partial charge in [-0.3, -0.25) is 0 Å². The van der Waals surface area contributed by atoms with Crippen molar-refractivity contribution in [3.63, 3.8) is 0 Å². The largest absolute Gasteiger partial charge is 0.416 e. The smallest absolute Gasteiger partial charge is 0.380 e. The molecule has 1 N–H and O–H groups in total. The summed E-state index contributed by atoms with van der Waals surface area (Å²) < 4.78 is 51.6. The second kappa shape index (κ2) is 6.23. The Morgan fingerprint density at radius 3 is 2.43 bits per heavy atom. The maximum absolute atomic E-state index is 13.4. The van der Waals surface area contributed by atoms with Gasteiger partial charge in [0.25, 0.3) is 0 Å². The fourth-order valence-electron chi connectivity index (χ4n) is 1.68. The van der Waals surface area contributed by atoms with Gasteiger partial charge < -0.3 is 5.32 Å². The molecular weight excluding hydrogens is 374 g/mol. The van der Waals surface area contributed by atoms with Crippen LogP contribution in [-0.2, 0) is 12.7 Å². The molecule has 0 heterocycles. The standard InChI is InChI=1S/C14H9BrClF4N/c15-10-3-1-8(5-12(10)17)7-21-13-6-9(14(18,19)20)2-4-11(13)16/h1-6,21H,7H2. The SMILES string of the molecule is Fc1cc(CNc2cc(C(F)(F)F)ccc2Cl)ccc1Br. The van der Waals surface area contributed by atoms with E-state index in [4.69, 9.17) is 11.6 Å². The van der Waals surface area contributed by atoms with Crippen molar-refractivity contribution in [1.29, 1.82) is 0 Å². The summed E-state index contributed by atoms with van der Waals surface area (Å²) in [6.07, 6.45) is -4.44. The van der Waals surface area contributed by atoms with E-state index in [1.54, 1.807) is 6.07 Å². The van der Waals surface area contributed by atoms with Crippen LogP contribution in [0.4, 0.5) is 23.2 Å². The molecule has 0 aliphatic heterocycles. The van der Waals surface area contributed by atoms with Crippen molar-refractivity contribution in [3.8, 4) is 0 Å². The number of halogens is 6. The van der Waals surface area contributed by atoms with Crippen LogP contribution in [0.5, 0.6) is 0 Å². The van der Waals surface area contributed by atoms with Crippen LogP contribution in [0.25, 0.3) is 0 Å². The zero-order chi connectivity index (χ0) is 15.6. The first kappa shape index (κ1) is 16.1. The number of rotatable bonds is 3. The molecular formula is C14H9BrClF4N. The molecule has 2 aromatic carbocycles. The molecule has 0 atom stereocenters. The molecule has 0 saturated heterocycles. The Labute approximate surface area is 132 Å². The maximum Gasteiger partial charge on any atom is 0.416 e. The van der Waals surface area contributed by atoms with E-state index in [2.05, 4.69) is 21.2 Å². The van der Waals surface area contributed by atoms with Gasteiger partial charge in [-0.1, -0.05) is 17.7 Å². The molecule has 7 heteroatoms. The molecule has 0 aromatic heterocycles. The van der Waals surface area contributed by atoms with Crippen LogP contribution in [-0.4, -0.2) is 0 Å². The van der Waals surface area contributed by atoms with E-state index < -0.39 is 17.6 Å². The first-order valence-electron chi connectivity index (χ1n) is 5.82. The summed E-state index contributed by atoms with van der Waals surface area (Å²) in [7, 11) is 0. The van der Waals surface area contributed by atoms with Gasteiger partial charge in [0.2, 0.25) is 0 Å². The zero-order valence-corrected chi connectivity index (χ0v) is 12.8. The van der Waals surface area contributed by atoms with Gasteiger partial charge in [0, 0.05) is 6.54 Å². The lowest BCUT2D eigenvalue weighted by Gasteiger charge is -2.12. The summed E-state index contributed by atoms with van der Waals surface area (Å²) in [6.45, 7) is 0.158. The molecule has 1 nitrogen and oxygen atoms in total. The Bertz CT molecular complexity index is 658. The second-order valence-electron chi connectivity index (χ2n) is 4.29. The van der Waals surface area contributed by atoms with Crippen molar-refractivity contribution < 1.29 is 17.6 Å². The fraction of sp³-hybridized carbons (Fsp3) is 0.143. The van der Waals surface area contributed by atoms with E-state index in [1.807, 2.05) is 0 Å². The van der Waals surface area contributed by atoms with E-state index in [1.165, 1.54) is 18.2 Å². The lowest BCUT2D eigenvalue weighted by Crippen LogP contribution is -2.07. The van der Waals surface area contributed by atoms with Gasteiger partial charge in [-0.2, -0.15) is 13.2 Å². The third kappa shape index (κ3) is 4.11. The minimum atomic E-state index is -4.44. The number of nitrogens with one attached hydrogen (secondary N) is 1. The molecule has 0 saturated carbocycles. The third-order valence-corrected chi connectivity index (χ3v) is 3.73. The van der Waals surface area contributed by atoms with Crippen LogP contribution < -0.4 is 5.32 Å². The third-order valence-electron chi connectivity index (χ3n) is 2.76. The highest BCUT2D eigenvalue weighted by Gasteiger charge is 2.30. The minimum Gasteiger partial charge on any atom is -0.380 e. The topological polar surface area (TPSA) is 12.0 Å². The van der Waals surface area contributed by atoms with Gasteiger partial charge in [0.15, 0.2) is 0 Å². The minimum absolute atomic E-state index is 0.148. The first-order chi connectivity index (χ1) is 9.77. The van der Waals surface area contributed by atoms with E-state index in [-0.39, 0.29) is 17.3 Å². The highest BCUT2D eigenvalue weighted by molar-refractivity contribution is 9.10. The van der Waals surface area contributed by atoms with Crippen LogP contribution in [0.3, 0.4) is 0 Å². The molecule has 2 rings (SSSR count). The van der Waals surface area contributed by atoms with Crippen LogP contribution in [0.1, 0.15) is 11.1 Å². The van der Waals surface area contributed by atoms with Crippen molar-refractivity contribution in [2.45, 2.75) is 12.7 Å². The summed E-state index contributed by atoms with van der Waals surface area (Å²) in [5, 5.41) is 2.94. The van der Waals surface area contributed by atoms with Crippen molar-refractivity contribution in [2.24, 2.45) is 0 Å². The lowest BCUT2D eigenvalue weighted by atomic mass is 10.1. The number of hydrogen-bond donors (Lipinski definition) is 1. The summed E-state index contributed by atoms with van der Waals surface area (Å²) >= 11 is 8.88. The number of anilines is 1. The average molecular weight is 383 g/mol. The summed E-state index contributed by atoms with van der Waals surface area (Å²) in [5.41, 5.74) is -0.0598. The van der Waals surface area contributed by atoms with Crippen molar-refractivity contribution >= 4 is 33.2 Å². The van der Waals surface area contributed by atoms with Crippen LogP contribution >= 0.6 is 27.5 Å². The molecule has 0 spiro atoms. The Kier molecular flexibility index (Phi) is 4.78. The highest BCUT2D eigenvalue weighted by atomic mass is 79.9. The lowest BCUT2D eigenvalue weighted by molar-refractivity contribution is -0.137. The Hall–Kier alpha value is -1.27. The van der Waals surface area contributed by atoms with Crippen LogP contribution in [0, 0.1) is 5.82 Å². The zero-order valence-electron chi connectivity index (χ0n) is 10.4. The second-order valence-corrected chi connectivity index (χ2v) is 5.56. The number of benzene rings is 2. The van der Waals surface area contributed by atoms with Crippen molar-refractivity contribution in [3.05, 3.63) is 62.8 Å². The molecule has 0 fully saturated rings.